The number of nitriles is 1. The molecule has 7 nitrogen and oxygen atoms in total. The van der Waals surface area contributed by atoms with Crippen molar-refractivity contribution in [2.45, 2.75) is 13.8 Å². The Morgan fingerprint density at radius 2 is 0.792 bits per heavy atom. The summed E-state index contributed by atoms with van der Waals surface area (Å²) in [5, 5.41) is 22.7. The van der Waals surface area contributed by atoms with Crippen LogP contribution < -0.4 is 9.80 Å². The second-order valence-corrected chi connectivity index (χ2v) is 18.8. The molecular formula is C65H39N3O4. The van der Waals surface area contributed by atoms with Gasteiger partial charge in [-0.05, 0) is 131 Å². The normalized spacial score (nSPS) is 12.0. The van der Waals surface area contributed by atoms with Crippen molar-refractivity contribution in [3.8, 4) is 6.07 Å². The molecule has 0 saturated heterocycles. The van der Waals surface area contributed by atoms with Crippen LogP contribution in [0.4, 0.5) is 34.1 Å². The summed E-state index contributed by atoms with van der Waals surface area (Å²) in [6.45, 7) is 4.28. The molecule has 7 heteroatoms. The Labute approximate surface area is 411 Å². The van der Waals surface area contributed by atoms with Gasteiger partial charge in [0.25, 0.3) is 0 Å². The number of anilines is 6. The van der Waals surface area contributed by atoms with Crippen LogP contribution in [0.2, 0.25) is 0 Å². The van der Waals surface area contributed by atoms with Crippen LogP contribution in [0, 0.1) is 25.2 Å². The summed E-state index contributed by atoms with van der Waals surface area (Å²) in [4.78, 5) is 4.57. The lowest BCUT2D eigenvalue weighted by atomic mass is 9.99. The minimum atomic E-state index is 0.419. The summed E-state index contributed by atoms with van der Waals surface area (Å²) >= 11 is 0. The predicted octanol–water partition coefficient (Wildman–Crippen LogP) is 19.0. The molecule has 0 amide bonds. The third kappa shape index (κ3) is 5.84. The standard InChI is InChI=1S/C65H39N3O4/c1-37-13-3-7-19-52(37)67(54-21-11-17-48-46-15-5-9-23-56(46)70-64(48)54)44-27-25-39-31-50-58(33-41(39)29-44)69-60-35-43(36-66)63-62(61(50)60)51-32-40-26-28-45(30-42(40)34-59(51)72-63)68(53-20-8-4-14-38(53)2)55-22-12-18-49-47-16-6-10-24-57(47)71-65(49)55/h3-35H,1-2H3. The molecule has 0 N–H and O–H groups in total. The van der Waals surface area contributed by atoms with E-state index in [2.05, 4.69) is 200 Å². The van der Waals surface area contributed by atoms with E-state index in [-0.39, 0.29) is 0 Å². The fourth-order valence-electron chi connectivity index (χ4n) is 11.3. The van der Waals surface area contributed by atoms with Crippen LogP contribution in [-0.2, 0) is 0 Å². The second kappa shape index (κ2) is 15.1. The zero-order valence-corrected chi connectivity index (χ0v) is 39.0. The molecule has 338 valence electrons. The summed E-state index contributed by atoms with van der Waals surface area (Å²) in [5.74, 6) is 0. The topological polar surface area (TPSA) is 82.8 Å². The van der Waals surface area contributed by atoms with Gasteiger partial charge in [0.05, 0.1) is 16.9 Å². The monoisotopic (exact) mass is 925 g/mol. The summed E-state index contributed by atoms with van der Waals surface area (Å²) in [6, 6.07) is 72.0. The van der Waals surface area contributed by atoms with E-state index < -0.39 is 0 Å². The van der Waals surface area contributed by atoms with Gasteiger partial charge < -0.3 is 27.5 Å². The fourth-order valence-corrected chi connectivity index (χ4v) is 11.3. The first-order chi connectivity index (χ1) is 35.5. The highest BCUT2D eigenvalue weighted by molar-refractivity contribution is 6.29. The third-order valence-electron chi connectivity index (χ3n) is 14.7. The van der Waals surface area contributed by atoms with Gasteiger partial charge >= 0.3 is 0 Å². The van der Waals surface area contributed by atoms with Gasteiger partial charge in [-0.15, -0.1) is 0 Å². The Bertz CT molecular complexity index is 4830. The molecule has 0 atom stereocenters. The minimum Gasteiger partial charge on any atom is -0.456 e. The van der Waals surface area contributed by atoms with Crippen molar-refractivity contribution >= 4 is 143 Å². The van der Waals surface area contributed by atoms with Crippen molar-refractivity contribution in [1.29, 1.82) is 5.26 Å². The highest BCUT2D eigenvalue weighted by Crippen LogP contribution is 2.48. The molecule has 0 radical (unpaired) electrons. The average molecular weight is 926 g/mol. The van der Waals surface area contributed by atoms with Crippen LogP contribution in [0.1, 0.15) is 16.7 Å². The molecule has 11 aromatic carbocycles. The summed E-state index contributed by atoms with van der Waals surface area (Å²) < 4.78 is 26.7. The molecular weight excluding hydrogens is 887 g/mol. The molecule has 0 spiro atoms. The molecule has 4 aromatic heterocycles. The molecule has 0 aliphatic rings. The van der Waals surface area contributed by atoms with Crippen molar-refractivity contribution < 1.29 is 17.7 Å². The number of aryl methyl sites for hydroxylation is 2. The van der Waals surface area contributed by atoms with Gasteiger partial charge in [0.1, 0.15) is 34.0 Å². The molecule has 0 bridgehead atoms. The number of fused-ring (bicyclic) bond motifs is 15. The Morgan fingerprint density at radius 3 is 1.33 bits per heavy atom. The number of rotatable bonds is 6. The van der Waals surface area contributed by atoms with Crippen molar-refractivity contribution in [3.05, 3.63) is 217 Å². The van der Waals surface area contributed by atoms with Crippen molar-refractivity contribution in [2.24, 2.45) is 0 Å². The lowest BCUT2D eigenvalue weighted by Crippen LogP contribution is -2.11. The summed E-state index contributed by atoms with van der Waals surface area (Å²) in [6.07, 6.45) is 0. The maximum absolute atomic E-state index is 10.6. The van der Waals surface area contributed by atoms with E-state index in [4.69, 9.17) is 17.7 Å². The molecule has 72 heavy (non-hydrogen) atoms. The van der Waals surface area contributed by atoms with E-state index in [9.17, 15) is 5.26 Å². The molecule has 0 saturated carbocycles. The van der Waals surface area contributed by atoms with Crippen LogP contribution in [-0.4, -0.2) is 0 Å². The van der Waals surface area contributed by atoms with Gasteiger partial charge in [-0.1, -0.05) is 109 Å². The van der Waals surface area contributed by atoms with Gasteiger partial charge in [-0.2, -0.15) is 5.26 Å². The SMILES string of the molecule is Cc1ccccc1N(c1ccc2cc3c(cc2c1)oc1cc(C#N)c2oc4cc5cc(N(c6ccccc6C)c6cccc7c6oc6ccccc67)ccc5cc4c2c13)c1cccc2c1oc1ccccc12. The van der Waals surface area contributed by atoms with Gasteiger partial charge in [0.15, 0.2) is 16.7 Å². The Hall–Kier alpha value is -9.77. The largest absolute Gasteiger partial charge is 0.456 e. The number of hydrogen-bond donors (Lipinski definition) is 0. The molecule has 0 fully saturated rings. The van der Waals surface area contributed by atoms with Gasteiger partial charge in [-0.25, -0.2) is 0 Å². The minimum absolute atomic E-state index is 0.419. The van der Waals surface area contributed by atoms with Crippen molar-refractivity contribution in [2.75, 3.05) is 9.80 Å². The van der Waals surface area contributed by atoms with Crippen molar-refractivity contribution in [3.63, 3.8) is 0 Å². The molecule has 15 aromatic rings. The van der Waals surface area contributed by atoms with Crippen LogP contribution in [0.15, 0.2) is 218 Å². The zero-order chi connectivity index (χ0) is 47.8. The number of nitrogens with zero attached hydrogens (tertiary/aromatic N) is 3. The first-order valence-electron chi connectivity index (χ1n) is 24.1. The number of para-hydroxylation sites is 6. The van der Waals surface area contributed by atoms with Crippen LogP contribution in [0.3, 0.4) is 0 Å². The maximum Gasteiger partial charge on any atom is 0.159 e. The van der Waals surface area contributed by atoms with E-state index in [0.29, 0.717) is 22.3 Å². The van der Waals surface area contributed by atoms with Crippen molar-refractivity contribution in [1.82, 2.24) is 0 Å². The Morgan fingerprint density at radius 1 is 0.333 bits per heavy atom. The smallest absolute Gasteiger partial charge is 0.159 e. The quantitative estimate of drug-likeness (QED) is 0.164. The second-order valence-electron chi connectivity index (χ2n) is 18.8. The molecule has 4 heterocycles. The van der Waals surface area contributed by atoms with E-state index in [1.165, 1.54) is 0 Å². The predicted molar refractivity (Wildman–Crippen MR) is 294 cm³/mol. The van der Waals surface area contributed by atoms with E-state index in [1.54, 1.807) is 0 Å². The fraction of sp³-hybridized carbons (Fsp3) is 0.0308. The first kappa shape index (κ1) is 40.1. The zero-order valence-electron chi connectivity index (χ0n) is 39.0. The molecule has 0 unspecified atom stereocenters. The highest BCUT2D eigenvalue weighted by Gasteiger charge is 2.25. The number of furan rings is 4. The van der Waals surface area contributed by atoms with Crippen LogP contribution in [0.25, 0.3) is 109 Å². The average Bonchev–Trinajstić information content (AvgIpc) is 4.18. The first-order valence-corrected chi connectivity index (χ1v) is 24.1. The van der Waals surface area contributed by atoms with Gasteiger partial charge in [-0.3, -0.25) is 0 Å². The van der Waals surface area contributed by atoms with Gasteiger partial charge in [0.2, 0.25) is 0 Å². The lowest BCUT2D eigenvalue weighted by molar-refractivity contribution is 0.662. The summed E-state index contributed by atoms with van der Waals surface area (Å²) in [7, 11) is 0. The molecule has 15 rings (SSSR count). The van der Waals surface area contributed by atoms with Gasteiger partial charge in [0, 0.05) is 71.9 Å². The van der Waals surface area contributed by atoms with Crippen LogP contribution >= 0.6 is 0 Å². The Kier molecular flexibility index (Phi) is 8.43. The number of hydrogen-bond acceptors (Lipinski definition) is 7. The molecule has 0 aliphatic heterocycles. The lowest BCUT2D eigenvalue weighted by Gasteiger charge is -2.27. The van der Waals surface area contributed by atoms with Crippen LogP contribution in [0.5, 0.6) is 0 Å². The Balaban J connectivity index is 0.894. The van der Waals surface area contributed by atoms with E-state index in [1.807, 2.05) is 30.3 Å². The number of benzene rings is 11. The molecule has 0 aliphatic carbocycles. The maximum atomic E-state index is 10.6. The summed E-state index contributed by atoms with van der Waals surface area (Å²) in [5.41, 5.74) is 14.6. The third-order valence-corrected chi connectivity index (χ3v) is 14.7. The van der Waals surface area contributed by atoms with E-state index >= 15 is 0 Å². The van der Waals surface area contributed by atoms with E-state index in [0.717, 1.165) is 138 Å². The highest BCUT2D eigenvalue weighted by atomic mass is 16.3.